The molecule has 0 spiro atoms. The van der Waals surface area contributed by atoms with Gasteiger partial charge in [0.05, 0.1) is 13.7 Å². The van der Waals surface area contributed by atoms with E-state index in [0.717, 1.165) is 17.9 Å². The third kappa shape index (κ3) is 3.96. The van der Waals surface area contributed by atoms with Crippen molar-refractivity contribution in [3.63, 3.8) is 0 Å². The standard InChI is InChI=1S/C18H19N3O2/c1-13-3-7-15(8-4-13)18-21-20-17(23-18)12-19-11-14-5-9-16(22-2)10-6-14/h3-10,19H,11-12H2,1-2H3. The van der Waals surface area contributed by atoms with Crippen LogP contribution >= 0.6 is 0 Å². The second-order valence-electron chi connectivity index (χ2n) is 5.32. The molecule has 0 atom stereocenters. The zero-order valence-electron chi connectivity index (χ0n) is 13.2. The Bertz CT molecular complexity index is 749. The van der Waals surface area contributed by atoms with Gasteiger partial charge in [-0.3, -0.25) is 0 Å². The molecule has 0 bridgehead atoms. The van der Waals surface area contributed by atoms with Crippen LogP contribution in [0.3, 0.4) is 0 Å². The summed E-state index contributed by atoms with van der Waals surface area (Å²) in [5, 5.41) is 11.5. The number of methoxy groups -OCH3 is 1. The Kier molecular flexibility index (Phi) is 4.68. The Morgan fingerprint density at radius 2 is 1.70 bits per heavy atom. The normalized spacial score (nSPS) is 10.7. The van der Waals surface area contributed by atoms with Gasteiger partial charge in [0.15, 0.2) is 0 Å². The van der Waals surface area contributed by atoms with Crippen LogP contribution in [-0.4, -0.2) is 17.3 Å². The summed E-state index contributed by atoms with van der Waals surface area (Å²) in [6, 6.07) is 16.0. The molecule has 0 amide bonds. The van der Waals surface area contributed by atoms with E-state index >= 15 is 0 Å². The Morgan fingerprint density at radius 1 is 0.957 bits per heavy atom. The summed E-state index contributed by atoms with van der Waals surface area (Å²) in [5.41, 5.74) is 3.31. The molecule has 3 aromatic rings. The average molecular weight is 309 g/mol. The molecule has 0 saturated carbocycles. The summed E-state index contributed by atoms with van der Waals surface area (Å²) in [5.74, 6) is 1.98. The lowest BCUT2D eigenvalue weighted by Gasteiger charge is -2.04. The maximum atomic E-state index is 5.68. The largest absolute Gasteiger partial charge is 0.497 e. The van der Waals surface area contributed by atoms with E-state index in [4.69, 9.17) is 9.15 Å². The van der Waals surface area contributed by atoms with E-state index in [0.29, 0.717) is 18.3 Å². The quantitative estimate of drug-likeness (QED) is 0.756. The Balaban J connectivity index is 1.55. The van der Waals surface area contributed by atoms with Crippen LogP contribution in [0.5, 0.6) is 5.75 Å². The van der Waals surface area contributed by atoms with Crippen LogP contribution < -0.4 is 10.1 Å². The number of hydrogen-bond acceptors (Lipinski definition) is 5. The molecule has 0 unspecified atom stereocenters. The minimum atomic E-state index is 0.533. The molecule has 0 fully saturated rings. The first kappa shape index (κ1) is 15.2. The number of nitrogens with one attached hydrogen (secondary N) is 1. The highest BCUT2D eigenvalue weighted by Gasteiger charge is 2.07. The molecule has 0 saturated heterocycles. The van der Waals surface area contributed by atoms with Crippen molar-refractivity contribution in [3.8, 4) is 17.2 Å². The third-order valence-corrected chi connectivity index (χ3v) is 3.53. The fourth-order valence-corrected chi connectivity index (χ4v) is 2.19. The number of hydrogen-bond donors (Lipinski definition) is 1. The van der Waals surface area contributed by atoms with E-state index in [1.165, 1.54) is 11.1 Å². The second kappa shape index (κ2) is 7.07. The monoisotopic (exact) mass is 309 g/mol. The van der Waals surface area contributed by atoms with Gasteiger partial charge in [-0.2, -0.15) is 0 Å². The van der Waals surface area contributed by atoms with Gasteiger partial charge in [0, 0.05) is 12.1 Å². The van der Waals surface area contributed by atoms with Gasteiger partial charge in [-0.25, -0.2) is 0 Å². The minimum Gasteiger partial charge on any atom is -0.497 e. The highest BCUT2D eigenvalue weighted by atomic mass is 16.5. The SMILES string of the molecule is COc1ccc(CNCc2nnc(-c3ccc(C)cc3)o2)cc1. The molecule has 118 valence electrons. The van der Waals surface area contributed by atoms with Crippen LogP contribution in [-0.2, 0) is 13.1 Å². The van der Waals surface area contributed by atoms with Gasteiger partial charge in [0.25, 0.3) is 0 Å². The fourth-order valence-electron chi connectivity index (χ4n) is 2.19. The topological polar surface area (TPSA) is 60.2 Å². The number of rotatable bonds is 6. The van der Waals surface area contributed by atoms with Gasteiger partial charge in [-0.15, -0.1) is 10.2 Å². The lowest BCUT2D eigenvalue weighted by atomic mass is 10.1. The number of aryl methyl sites for hydroxylation is 1. The molecule has 0 aliphatic carbocycles. The van der Waals surface area contributed by atoms with Crippen molar-refractivity contribution in [1.82, 2.24) is 15.5 Å². The molecular weight excluding hydrogens is 290 g/mol. The average Bonchev–Trinajstić information content (AvgIpc) is 3.05. The molecule has 2 aromatic carbocycles. The highest BCUT2D eigenvalue weighted by Crippen LogP contribution is 2.18. The van der Waals surface area contributed by atoms with E-state index in [-0.39, 0.29) is 0 Å². The van der Waals surface area contributed by atoms with E-state index < -0.39 is 0 Å². The first-order valence-corrected chi connectivity index (χ1v) is 7.47. The Morgan fingerprint density at radius 3 is 2.39 bits per heavy atom. The molecule has 3 rings (SSSR count). The Labute approximate surface area is 135 Å². The molecule has 0 aliphatic heterocycles. The van der Waals surface area contributed by atoms with Crippen molar-refractivity contribution in [3.05, 3.63) is 65.5 Å². The smallest absolute Gasteiger partial charge is 0.247 e. The van der Waals surface area contributed by atoms with Crippen LogP contribution in [0.15, 0.2) is 52.9 Å². The van der Waals surface area contributed by atoms with Crippen molar-refractivity contribution < 1.29 is 9.15 Å². The number of nitrogens with zero attached hydrogens (tertiary/aromatic N) is 2. The number of ether oxygens (including phenoxy) is 1. The first-order valence-electron chi connectivity index (χ1n) is 7.47. The van der Waals surface area contributed by atoms with E-state index in [9.17, 15) is 0 Å². The maximum Gasteiger partial charge on any atom is 0.247 e. The van der Waals surface area contributed by atoms with Crippen molar-refractivity contribution >= 4 is 0 Å². The summed E-state index contributed by atoms with van der Waals surface area (Å²) >= 11 is 0. The predicted octanol–water partition coefficient (Wildman–Crippen LogP) is 3.34. The van der Waals surface area contributed by atoms with Crippen molar-refractivity contribution in [2.75, 3.05) is 7.11 Å². The molecule has 1 aromatic heterocycles. The van der Waals surface area contributed by atoms with Gasteiger partial charge in [0.2, 0.25) is 11.8 Å². The summed E-state index contributed by atoms with van der Waals surface area (Å²) in [6.07, 6.45) is 0. The zero-order chi connectivity index (χ0) is 16.1. The van der Waals surface area contributed by atoms with Crippen LogP contribution in [0.25, 0.3) is 11.5 Å². The third-order valence-electron chi connectivity index (χ3n) is 3.53. The fraction of sp³-hybridized carbons (Fsp3) is 0.222. The molecule has 1 N–H and O–H groups in total. The van der Waals surface area contributed by atoms with Crippen molar-refractivity contribution in [2.45, 2.75) is 20.0 Å². The first-order chi connectivity index (χ1) is 11.2. The minimum absolute atomic E-state index is 0.533. The van der Waals surface area contributed by atoms with Gasteiger partial charge >= 0.3 is 0 Å². The molecule has 1 heterocycles. The van der Waals surface area contributed by atoms with Crippen molar-refractivity contribution in [1.29, 1.82) is 0 Å². The molecular formula is C18H19N3O2. The molecule has 0 radical (unpaired) electrons. The van der Waals surface area contributed by atoms with Gasteiger partial charge in [-0.1, -0.05) is 29.8 Å². The zero-order valence-corrected chi connectivity index (χ0v) is 13.2. The summed E-state index contributed by atoms with van der Waals surface area (Å²) in [6.45, 7) is 3.31. The van der Waals surface area contributed by atoms with Crippen LogP contribution in [0.1, 0.15) is 17.0 Å². The molecule has 23 heavy (non-hydrogen) atoms. The van der Waals surface area contributed by atoms with Crippen molar-refractivity contribution in [2.24, 2.45) is 0 Å². The molecule has 5 nitrogen and oxygen atoms in total. The summed E-state index contributed by atoms with van der Waals surface area (Å²) in [4.78, 5) is 0. The Hall–Kier alpha value is -2.66. The number of benzene rings is 2. The lowest BCUT2D eigenvalue weighted by molar-refractivity contribution is 0.414. The second-order valence-corrected chi connectivity index (χ2v) is 5.32. The van der Waals surface area contributed by atoms with Gasteiger partial charge in [0.1, 0.15) is 5.75 Å². The van der Waals surface area contributed by atoms with Gasteiger partial charge in [-0.05, 0) is 36.8 Å². The maximum absolute atomic E-state index is 5.68. The van der Waals surface area contributed by atoms with Crippen LogP contribution in [0.2, 0.25) is 0 Å². The van der Waals surface area contributed by atoms with Gasteiger partial charge < -0.3 is 14.5 Å². The highest BCUT2D eigenvalue weighted by molar-refractivity contribution is 5.52. The molecule has 0 aliphatic rings. The van der Waals surface area contributed by atoms with Crippen LogP contribution in [0, 0.1) is 6.92 Å². The predicted molar refractivity (Wildman–Crippen MR) is 88.0 cm³/mol. The number of aromatic nitrogens is 2. The lowest BCUT2D eigenvalue weighted by Crippen LogP contribution is -2.12. The molecule has 5 heteroatoms. The summed E-state index contributed by atoms with van der Waals surface area (Å²) in [7, 11) is 1.66. The van der Waals surface area contributed by atoms with Crippen LogP contribution in [0.4, 0.5) is 0 Å². The summed E-state index contributed by atoms with van der Waals surface area (Å²) < 4.78 is 10.8. The van der Waals surface area contributed by atoms with E-state index in [2.05, 4.69) is 15.5 Å². The van der Waals surface area contributed by atoms with E-state index in [1.807, 2.05) is 55.5 Å². The van der Waals surface area contributed by atoms with E-state index in [1.54, 1.807) is 7.11 Å².